The predicted octanol–water partition coefficient (Wildman–Crippen LogP) is 2.52. The Labute approximate surface area is 133 Å². The molecule has 0 fully saturated rings. The van der Waals surface area contributed by atoms with Crippen molar-refractivity contribution in [2.75, 3.05) is 6.54 Å². The van der Waals surface area contributed by atoms with Crippen LogP contribution < -0.4 is 10.6 Å². The summed E-state index contributed by atoms with van der Waals surface area (Å²) in [7, 11) is 0. The monoisotopic (exact) mass is 312 g/mol. The van der Waals surface area contributed by atoms with Gasteiger partial charge in [0.1, 0.15) is 11.5 Å². The fraction of sp³-hybridized carbons (Fsp3) is 0.176. The number of benzene rings is 1. The van der Waals surface area contributed by atoms with Crippen LogP contribution in [0.15, 0.2) is 54.9 Å². The Hall–Kier alpha value is -2.89. The number of hydrogen-bond acceptors (Lipinski definition) is 2. The molecular formula is C17H17FN4O. The van der Waals surface area contributed by atoms with Gasteiger partial charge in [0.2, 0.25) is 0 Å². The zero-order valence-corrected chi connectivity index (χ0v) is 12.5. The van der Waals surface area contributed by atoms with E-state index in [0.717, 1.165) is 11.3 Å². The van der Waals surface area contributed by atoms with E-state index in [1.165, 1.54) is 6.07 Å². The summed E-state index contributed by atoms with van der Waals surface area (Å²) in [6.45, 7) is 0.713. The van der Waals surface area contributed by atoms with Crippen molar-refractivity contribution in [1.29, 1.82) is 0 Å². The molecule has 0 unspecified atom stereocenters. The van der Waals surface area contributed by atoms with E-state index in [0.29, 0.717) is 25.1 Å². The van der Waals surface area contributed by atoms with Gasteiger partial charge in [-0.2, -0.15) is 0 Å². The van der Waals surface area contributed by atoms with Crippen LogP contribution in [0, 0.1) is 5.82 Å². The Morgan fingerprint density at radius 2 is 1.96 bits per heavy atom. The fourth-order valence-electron chi connectivity index (χ4n) is 2.32. The van der Waals surface area contributed by atoms with Crippen LogP contribution >= 0.6 is 0 Å². The first-order valence-corrected chi connectivity index (χ1v) is 7.40. The molecule has 6 heteroatoms. The number of aromatic nitrogens is 2. The molecule has 2 N–H and O–H groups in total. The number of imidazole rings is 1. The van der Waals surface area contributed by atoms with Crippen molar-refractivity contribution in [2.45, 2.75) is 13.0 Å². The minimum absolute atomic E-state index is 0.251. The molecule has 5 nitrogen and oxygen atoms in total. The number of halogens is 1. The molecule has 0 bridgehead atoms. The maximum atomic E-state index is 13.4. The van der Waals surface area contributed by atoms with Crippen molar-refractivity contribution in [3.8, 4) is 0 Å². The van der Waals surface area contributed by atoms with Crippen molar-refractivity contribution in [1.82, 2.24) is 20.0 Å². The van der Waals surface area contributed by atoms with Crippen LogP contribution in [0.5, 0.6) is 0 Å². The first-order chi connectivity index (χ1) is 11.2. The smallest absolute Gasteiger partial charge is 0.315 e. The van der Waals surface area contributed by atoms with E-state index >= 15 is 0 Å². The summed E-state index contributed by atoms with van der Waals surface area (Å²) in [5.74, 6) is -0.251. The molecule has 2 amide bonds. The first kappa shape index (κ1) is 15.0. The largest absolute Gasteiger partial charge is 0.338 e. The molecule has 0 atom stereocenters. The lowest BCUT2D eigenvalue weighted by Crippen LogP contribution is -2.36. The topological polar surface area (TPSA) is 58.4 Å². The highest BCUT2D eigenvalue weighted by atomic mass is 19.1. The molecule has 2 aromatic heterocycles. The predicted molar refractivity (Wildman–Crippen MR) is 85.5 cm³/mol. The van der Waals surface area contributed by atoms with Crippen LogP contribution in [-0.4, -0.2) is 22.0 Å². The van der Waals surface area contributed by atoms with Gasteiger partial charge in [-0.3, -0.25) is 0 Å². The maximum absolute atomic E-state index is 13.4. The third-order valence-electron chi connectivity index (χ3n) is 3.48. The van der Waals surface area contributed by atoms with Gasteiger partial charge in [-0.15, -0.1) is 0 Å². The Morgan fingerprint density at radius 1 is 1.13 bits per heavy atom. The zero-order valence-electron chi connectivity index (χ0n) is 12.5. The molecule has 1 aromatic carbocycles. The second kappa shape index (κ2) is 6.91. The summed E-state index contributed by atoms with van der Waals surface area (Å²) in [6, 6.07) is 12.0. The normalized spacial score (nSPS) is 10.7. The summed E-state index contributed by atoms with van der Waals surface area (Å²) < 4.78 is 15.3. The van der Waals surface area contributed by atoms with Crippen LogP contribution in [-0.2, 0) is 13.0 Å². The minimum Gasteiger partial charge on any atom is -0.338 e. The van der Waals surface area contributed by atoms with E-state index < -0.39 is 0 Å². The maximum Gasteiger partial charge on any atom is 0.315 e. The third-order valence-corrected chi connectivity index (χ3v) is 3.48. The Kier molecular flexibility index (Phi) is 4.52. The number of hydrogen-bond donors (Lipinski definition) is 2. The van der Waals surface area contributed by atoms with Gasteiger partial charge in [0.25, 0.3) is 0 Å². The molecule has 3 rings (SSSR count). The van der Waals surface area contributed by atoms with Gasteiger partial charge < -0.3 is 15.0 Å². The van der Waals surface area contributed by atoms with Gasteiger partial charge in [-0.25, -0.2) is 14.2 Å². The molecule has 0 radical (unpaired) electrons. The molecule has 0 spiro atoms. The highest BCUT2D eigenvalue weighted by Crippen LogP contribution is 2.06. The molecule has 0 saturated carbocycles. The summed E-state index contributed by atoms with van der Waals surface area (Å²) in [5, 5.41) is 5.45. The molecule has 0 aliphatic rings. The minimum atomic E-state index is -0.293. The summed E-state index contributed by atoms with van der Waals surface area (Å²) in [4.78, 5) is 16.2. The van der Waals surface area contributed by atoms with Gasteiger partial charge in [-0.1, -0.05) is 24.3 Å². The van der Waals surface area contributed by atoms with E-state index in [1.54, 1.807) is 18.2 Å². The molecule has 2 heterocycles. The third kappa shape index (κ3) is 3.85. The van der Waals surface area contributed by atoms with Crippen molar-refractivity contribution in [3.63, 3.8) is 0 Å². The summed E-state index contributed by atoms with van der Waals surface area (Å²) in [5.41, 5.74) is 2.21. The van der Waals surface area contributed by atoms with Crippen LogP contribution in [0.25, 0.3) is 5.65 Å². The SMILES string of the molecule is O=C(NCCc1ccccc1F)NCc1cn2ccccc2n1. The van der Waals surface area contributed by atoms with Crippen LogP contribution in [0.3, 0.4) is 0 Å². The van der Waals surface area contributed by atoms with Crippen LogP contribution in [0.1, 0.15) is 11.3 Å². The highest BCUT2D eigenvalue weighted by Gasteiger charge is 2.05. The number of amides is 2. The van der Waals surface area contributed by atoms with E-state index in [9.17, 15) is 9.18 Å². The Morgan fingerprint density at radius 3 is 2.78 bits per heavy atom. The molecule has 0 aliphatic carbocycles. The number of carbonyl (C=O) groups excluding carboxylic acids is 1. The molecule has 118 valence electrons. The number of nitrogens with one attached hydrogen (secondary N) is 2. The summed E-state index contributed by atoms with van der Waals surface area (Å²) >= 11 is 0. The summed E-state index contributed by atoms with van der Waals surface area (Å²) in [6.07, 6.45) is 4.23. The number of carbonyl (C=O) groups is 1. The van der Waals surface area contributed by atoms with E-state index in [-0.39, 0.29) is 11.8 Å². The van der Waals surface area contributed by atoms with Crippen molar-refractivity contribution < 1.29 is 9.18 Å². The van der Waals surface area contributed by atoms with Gasteiger partial charge in [-0.05, 0) is 30.2 Å². The van der Waals surface area contributed by atoms with Gasteiger partial charge >= 0.3 is 6.03 Å². The molecule has 0 aliphatic heterocycles. The number of pyridine rings is 1. The average molecular weight is 312 g/mol. The first-order valence-electron chi connectivity index (χ1n) is 7.40. The van der Waals surface area contributed by atoms with Gasteiger partial charge in [0.05, 0.1) is 12.2 Å². The standard InChI is InChI=1S/C17H17FN4O/c18-15-6-2-1-5-13(15)8-9-19-17(23)20-11-14-12-22-10-4-3-7-16(22)21-14/h1-7,10,12H,8-9,11H2,(H2,19,20,23). The Bertz CT molecular complexity index is 782. The van der Waals surface area contributed by atoms with Crippen LogP contribution in [0.2, 0.25) is 0 Å². The number of rotatable bonds is 5. The molecule has 3 aromatic rings. The van der Waals surface area contributed by atoms with Crippen molar-refractivity contribution >= 4 is 11.7 Å². The zero-order chi connectivity index (χ0) is 16.1. The quantitative estimate of drug-likeness (QED) is 0.760. The number of urea groups is 1. The second-order valence-corrected chi connectivity index (χ2v) is 5.15. The molecule has 0 saturated heterocycles. The van der Waals surface area contributed by atoms with Crippen molar-refractivity contribution in [2.24, 2.45) is 0 Å². The van der Waals surface area contributed by atoms with Crippen molar-refractivity contribution in [3.05, 3.63) is 71.9 Å². The highest BCUT2D eigenvalue weighted by molar-refractivity contribution is 5.73. The lowest BCUT2D eigenvalue weighted by Gasteiger charge is -2.07. The Balaban J connectivity index is 1.45. The van der Waals surface area contributed by atoms with Gasteiger partial charge in [0, 0.05) is 18.9 Å². The van der Waals surface area contributed by atoms with Crippen LogP contribution in [0.4, 0.5) is 9.18 Å². The van der Waals surface area contributed by atoms with E-state index in [4.69, 9.17) is 0 Å². The second-order valence-electron chi connectivity index (χ2n) is 5.15. The molecule has 23 heavy (non-hydrogen) atoms. The number of nitrogens with zero attached hydrogens (tertiary/aromatic N) is 2. The lowest BCUT2D eigenvalue weighted by molar-refractivity contribution is 0.240. The molecular weight excluding hydrogens is 295 g/mol. The van der Waals surface area contributed by atoms with E-state index in [2.05, 4.69) is 15.6 Å². The van der Waals surface area contributed by atoms with E-state index in [1.807, 2.05) is 35.0 Å². The van der Waals surface area contributed by atoms with Gasteiger partial charge in [0.15, 0.2) is 0 Å². The average Bonchev–Trinajstić information content (AvgIpc) is 2.98. The lowest BCUT2D eigenvalue weighted by atomic mass is 10.1. The number of fused-ring (bicyclic) bond motifs is 1. The fourth-order valence-corrected chi connectivity index (χ4v) is 2.32.